The monoisotopic (exact) mass is 319 g/mol. The van der Waals surface area contributed by atoms with E-state index in [1.165, 1.54) is 17.0 Å². The van der Waals surface area contributed by atoms with Crippen LogP contribution < -0.4 is 5.32 Å². The summed E-state index contributed by atoms with van der Waals surface area (Å²) in [6.45, 7) is 6.08. The molecule has 0 spiro atoms. The first kappa shape index (κ1) is 17.0. The molecule has 0 bridgehead atoms. The number of rotatable bonds is 4. The average Bonchev–Trinajstić information content (AvgIpc) is 2.74. The zero-order valence-electron chi connectivity index (χ0n) is 13.7. The molecule has 2 rings (SSSR count). The molecule has 1 aliphatic heterocycles. The third-order valence-corrected chi connectivity index (χ3v) is 3.96. The maximum atomic E-state index is 13.1. The fourth-order valence-electron chi connectivity index (χ4n) is 2.86. The van der Waals surface area contributed by atoms with Crippen LogP contribution in [0.3, 0.4) is 0 Å². The number of carbonyl (C=O) groups excluding carboxylic acids is 2. The minimum absolute atomic E-state index is 0.0489. The van der Waals surface area contributed by atoms with E-state index in [1.807, 2.05) is 6.92 Å². The lowest BCUT2D eigenvalue weighted by Crippen LogP contribution is -2.45. The molecule has 1 fully saturated rings. The number of likely N-dealkylation sites (N-methyl/N-ethyl adjacent to an activating group) is 2. The topological polar surface area (TPSA) is 52.7 Å². The number of urea groups is 1. The number of hydrogen-bond donors (Lipinski definition) is 1. The molecule has 5 nitrogen and oxygen atoms in total. The van der Waals surface area contributed by atoms with Gasteiger partial charge in [-0.1, -0.05) is 24.3 Å². The van der Waals surface area contributed by atoms with Gasteiger partial charge in [-0.25, -0.2) is 9.18 Å². The summed E-state index contributed by atoms with van der Waals surface area (Å²) < 4.78 is 13.1. The molecule has 0 radical (unpaired) electrons. The van der Waals surface area contributed by atoms with Crippen LogP contribution in [-0.4, -0.2) is 48.4 Å². The van der Waals surface area contributed by atoms with Crippen LogP contribution in [0.25, 0.3) is 0 Å². The van der Waals surface area contributed by atoms with Crippen LogP contribution in [0.15, 0.2) is 36.4 Å². The average molecular weight is 319 g/mol. The summed E-state index contributed by atoms with van der Waals surface area (Å²) in [7, 11) is 3.37. The number of halogens is 1. The van der Waals surface area contributed by atoms with Gasteiger partial charge in [0.1, 0.15) is 5.82 Å². The zero-order chi connectivity index (χ0) is 17.1. The van der Waals surface area contributed by atoms with Crippen molar-refractivity contribution in [1.29, 1.82) is 0 Å². The Hall–Kier alpha value is -2.37. The van der Waals surface area contributed by atoms with E-state index in [9.17, 15) is 14.0 Å². The number of likely N-dealkylation sites (tertiary alicyclic amines) is 1. The Labute approximate surface area is 135 Å². The summed E-state index contributed by atoms with van der Waals surface area (Å²) in [6.07, 6.45) is 0.227. The van der Waals surface area contributed by atoms with Crippen LogP contribution >= 0.6 is 0 Å². The number of benzene rings is 1. The summed E-state index contributed by atoms with van der Waals surface area (Å²) in [5.41, 5.74) is 1.67. The lowest BCUT2D eigenvalue weighted by molar-refractivity contribution is -0.127. The van der Waals surface area contributed by atoms with Crippen molar-refractivity contribution < 1.29 is 14.0 Å². The first-order valence-electron chi connectivity index (χ1n) is 7.46. The molecule has 0 aliphatic carbocycles. The predicted octanol–water partition coefficient (Wildman–Crippen LogP) is 2.32. The van der Waals surface area contributed by atoms with Crippen LogP contribution in [0.1, 0.15) is 24.9 Å². The molecule has 1 saturated heterocycles. The van der Waals surface area contributed by atoms with Gasteiger partial charge < -0.3 is 15.1 Å². The fraction of sp³-hybridized carbons (Fsp3) is 0.412. The molecular weight excluding hydrogens is 297 g/mol. The second-order valence-corrected chi connectivity index (χ2v) is 6.07. The number of nitrogens with one attached hydrogen (secondary N) is 1. The largest absolute Gasteiger partial charge is 0.337 e. The highest BCUT2D eigenvalue weighted by Gasteiger charge is 2.39. The molecule has 124 valence electrons. The van der Waals surface area contributed by atoms with E-state index < -0.39 is 0 Å². The smallest absolute Gasteiger partial charge is 0.317 e. The van der Waals surface area contributed by atoms with Crippen molar-refractivity contribution in [3.05, 3.63) is 47.8 Å². The minimum Gasteiger partial charge on any atom is -0.337 e. The van der Waals surface area contributed by atoms with Crippen molar-refractivity contribution in [3.63, 3.8) is 0 Å². The van der Waals surface area contributed by atoms with Crippen molar-refractivity contribution in [2.45, 2.75) is 25.4 Å². The van der Waals surface area contributed by atoms with Crippen LogP contribution in [0, 0.1) is 5.82 Å². The van der Waals surface area contributed by atoms with Crippen LogP contribution in [-0.2, 0) is 4.79 Å². The fourth-order valence-corrected chi connectivity index (χ4v) is 2.86. The molecule has 1 N–H and O–H groups in total. The molecule has 1 aromatic carbocycles. The lowest BCUT2D eigenvalue weighted by Gasteiger charge is -2.28. The Bertz CT molecular complexity index is 615. The molecule has 6 heteroatoms. The first-order chi connectivity index (χ1) is 10.8. The van der Waals surface area contributed by atoms with E-state index in [0.29, 0.717) is 6.54 Å². The van der Waals surface area contributed by atoms with E-state index in [4.69, 9.17) is 0 Å². The van der Waals surface area contributed by atoms with Crippen molar-refractivity contribution in [2.24, 2.45) is 0 Å². The molecule has 1 aromatic rings. The van der Waals surface area contributed by atoms with Gasteiger partial charge in [-0.2, -0.15) is 0 Å². The van der Waals surface area contributed by atoms with Gasteiger partial charge in [0, 0.05) is 27.1 Å². The number of carbonyl (C=O) groups is 2. The lowest BCUT2D eigenvalue weighted by atomic mass is 10.0. The molecule has 0 saturated carbocycles. The van der Waals surface area contributed by atoms with E-state index in [1.54, 1.807) is 31.1 Å². The maximum Gasteiger partial charge on any atom is 0.317 e. The standard InChI is InChI=1S/C17H22FN3O2/c1-11(2)10-20(3)17(23)19-14-9-15(22)21(4)16(14)12-5-7-13(18)8-6-12/h5-8,14,16H,1,9-10H2,2-4H3,(H,19,23)/t14-,16+/m0/s1. The highest BCUT2D eigenvalue weighted by molar-refractivity contribution is 5.82. The van der Waals surface area contributed by atoms with Crippen LogP contribution in [0.4, 0.5) is 9.18 Å². The second-order valence-electron chi connectivity index (χ2n) is 6.07. The van der Waals surface area contributed by atoms with Crippen molar-refractivity contribution in [2.75, 3.05) is 20.6 Å². The molecule has 3 amide bonds. The van der Waals surface area contributed by atoms with Crippen molar-refractivity contribution in [3.8, 4) is 0 Å². The summed E-state index contributed by atoms with van der Waals surface area (Å²) in [5, 5.41) is 2.90. The predicted molar refractivity (Wildman–Crippen MR) is 86.3 cm³/mol. The maximum absolute atomic E-state index is 13.1. The van der Waals surface area contributed by atoms with E-state index >= 15 is 0 Å². The Balaban J connectivity index is 2.15. The van der Waals surface area contributed by atoms with Gasteiger partial charge in [-0.3, -0.25) is 4.79 Å². The normalized spacial score (nSPS) is 20.5. The van der Waals surface area contributed by atoms with E-state index in [0.717, 1.165) is 11.1 Å². The van der Waals surface area contributed by atoms with Crippen molar-refractivity contribution in [1.82, 2.24) is 15.1 Å². The van der Waals surface area contributed by atoms with Gasteiger partial charge in [0.25, 0.3) is 0 Å². The Morgan fingerprint density at radius 3 is 2.61 bits per heavy atom. The molecular formula is C17H22FN3O2. The van der Waals surface area contributed by atoms with Gasteiger partial charge in [0.2, 0.25) is 5.91 Å². The van der Waals surface area contributed by atoms with E-state index in [-0.39, 0.29) is 36.3 Å². The first-order valence-corrected chi connectivity index (χ1v) is 7.46. The molecule has 23 heavy (non-hydrogen) atoms. The number of nitrogens with zero attached hydrogens (tertiary/aromatic N) is 2. The molecule has 0 unspecified atom stereocenters. The van der Waals surface area contributed by atoms with Crippen LogP contribution in [0.2, 0.25) is 0 Å². The number of hydrogen-bond acceptors (Lipinski definition) is 2. The summed E-state index contributed by atoms with van der Waals surface area (Å²) in [6, 6.07) is 5.10. The van der Waals surface area contributed by atoms with Gasteiger partial charge in [0.05, 0.1) is 12.1 Å². The quantitative estimate of drug-likeness (QED) is 0.866. The van der Waals surface area contributed by atoms with Gasteiger partial charge >= 0.3 is 6.03 Å². The molecule has 0 aromatic heterocycles. The summed E-state index contributed by atoms with van der Waals surface area (Å²) in [5.74, 6) is -0.380. The number of amides is 3. The van der Waals surface area contributed by atoms with E-state index in [2.05, 4.69) is 11.9 Å². The van der Waals surface area contributed by atoms with Crippen LogP contribution in [0.5, 0.6) is 0 Å². The van der Waals surface area contributed by atoms with Gasteiger partial charge in [0.15, 0.2) is 0 Å². The Morgan fingerprint density at radius 2 is 2.04 bits per heavy atom. The third-order valence-electron chi connectivity index (χ3n) is 3.96. The third kappa shape index (κ3) is 3.88. The molecule has 1 aliphatic rings. The molecule has 2 atom stereocenters. The second kappa shape index (κ2) is 6.81. The molecule has 1 heterocycles. The highest BCUT2D eigenvalue weighted by atomic mass is 19.1. The van der Waals surface area contributed by atoms with Gasteiger partial charge in [-0.15, -0.1) is 0 Å². The minimum atomic E-state index is -0.349. The summed E-state index contributed by atoms with van der Waals surface area (Å²) >= 11 is 0. The van der Waals surface area contributed by atoms with Crippen molar-refractivity contribution >= 4 is 11.9 Å². The Kier molecular flexibility index (Phi) is 5.03. The Morgan fingerprint density at radius 1 is 1.43 bits per heavy atom. The van der Waals surface area contributed by atoms with Gasteiger partial charge in [-0.05, 0) is 24.6 Å². The summed E-state index contributed by atoms with van der Waals surface area (Å²) in [4.78, 5) is 27.4. The highest BCUT2D eigenvalue weighted by Crippen LogP contribution is 2.32. The zero-order valence-corrected chi connectivity index (χ0v) is 13.7. The SMILES string of the molecule is C=C(C)CN(C)C(=O)N[C@H]1CC(=O)N(C)[C@@H]1c1ccc(F)cc1.